The van der Waals surface area contributed by atoms with E-state index in [1.165, 1.54) is 6.08 Å². The first-order valence-electron chi connectivity index (χ1n) is 10.8. The average Bonchev–Trinajstić information content (AvgIpc) is 3.09. The largest absolute Gasteiger partial charge is 0.497 e. The lowest BCUT2D eigenvalue weighted by atomic mass is 10.2. The number of amides is 2. The molecule has 33 heavy (non-hydrogen) atoms. The quantitative estimate of drug-likeness (QED) is 0.494. The van der Waals surface area contributed by atoms with Crippen molar-refractivity contribution in [3.8, 4) is 5.75 Å². The van der Waals surface area contributed by atoms with Crippen molar-refractivity contribution in [3.05, 3.63) is 88.8 Å². The predicted molar refractivity (Wildman–Crippen MR) is 129 cm³/mol. The Hall–Kier alpha value is -3.87. The van der Waals surface area contributed by atoms with E-state index >= 15 is 0 Å². The topological polar surface area (TPSA) is 85.2 Å². The summed E-state index contributed by atoms with van der Waals surface area (Å²) in [7, 11) is 1.60. The molecule has 2 N–H and O–H groups in total. The number of carbonyl (C=O) groups is 2. The molecule has 0 bridgehead atoms. The molecule has 1 heterocycles. The van der Waals surface area contributed by atoms with Gasteiger partial charge in [0.05, 0.1) is 19.3 Å². The van der Waals surface area contributed by atoms with Gasteiger partial charge in [-0.25, -0.2) is 0 Å². The maximum absolute atomic E-state index is 12.5. The average molecular weight is 447 g/mol. The van der Waals surface area contributed by atoms with Gasteiger partial charge in [-0.2, -0.15) is 5.10 Å². The molecule has 2 amide bonds. The molecule has 7 nitrogen and oxygen atoms in total. The molecule has 172 valence electrons. The van der Waals surface area contributed by atoms with Crippen molar-refractivity contribution < 1.29 is 14.3 Å². The fourth-order valence-electron chi connectivity index (χ4n) is 3.44. The number of aryl methyl sites for hydroxylation is 1. The van der Waals surface area contributed by atoms with Crippen molar-refractivity contribution in [2.75, 3.05) is 7.11 Å². The van der Waals surface area contributed by atoms with Crippen molar-refractivity contribution >= 4 is 17.9 Å². The number of methoxy groups -OCH3 is 1. The van der Waals surface area contributed by atoms with E-state index in [4.69, 9.17) is 4.74 Å². The van der Waals surface area contributed by atoms with Crippen molar-refractivity contribution in [3.63, 3.8) is 0 Å². The van der Waals surface area contributed by atoms with Crippen LogP contribution in [0.2, 0.25) is 0 Å². The summed E-state index contributed by atoms with van der Waals surface area (Å²) in [6.45, 7) is 6.62. The van der Waals surface area contributed by atoms with E-state index < -0.39 is 6.04 Å². The molecule has 7 heteroatoms. The summed E-state index contributed by atoms with van der Waals surface area (Å²) in [5.74, 6) is 0.158. The molecule has 0 aliphatic heterocycles. The van der Waals surface area contributed by atoms with E-state index in [2.05, 4.69) is 27.9 Å². The Kier molecular flexibility index (Phi) is 8.02. The SMILES string of the molecule is COc1ccc(/C=C/C(=O)N[C@@H](C)C(=O)NCc2c(C)nn(Cc3ccccc3)c2C)cc1. The standard InChI is InChI=1S/C26H30N4O3/c1-18-24(20(3)30(29-18)17-22-8-6-5-7-9-22)16-27-26(32)19(2)28-25(31)15-12-21-10-13-23(33-4)14-11-21/h5-15,19H,16-17H2,1-4H3,(H,27,32)(H,28,31)/b15-12+/t19-/m0/s1. The molecule has 2 aromatic carbocycles. The van der Waals surface area contributed by atoms with Crippen LogP contribution in [-0.2, 0) is 22.7 Å². The fourth-order valence-corrected chi connectivity index (χ4v) is 3.44. The zero-order chi connectivity index (χ0) is 23.8. The molecule has 1 aromatic heterocycles. The number of nitrogens with one attached hydrogen (secondary N) is 2. The van der Waals surface area contributed by atoms with Crippen LogP contribution in [0.5, 0.6) is 5.75 Å². The minimum atomic E-state index is -0.669. The molecule has 3 rings (SSSR count). The lowest BCUT2D eigenvalue weighted by molar-refractivity contribution is -0.126. The lowest BCUT2D eigenvalue weighted by Gasteiger charge is -2.13. The molecule has 1 atom stereocenters. The van der Waals surface area contributed by atoms with Crippen molar-refractivity contribution in [2.45, 2.75) is 39.9 Å². The van der Waals surface area contributed by atoms with E-state index in [9.17, 15) is 9.59 Å². The van der Waals surface area contributed by atoms with Gasteiger partial charge >= 0.3 is 0 Å². The van der Waals surface area contributed by atoms with Crippen molar-refractivity contribution in [2.24, 2.45) is 0 Å². The number of nitrogens with zero attached hydrogens (tertiary/aromatic N) is 2. The first kappa shape index (κ1) is 23.8. The molecule has 3 aromatic rings. The Morgan fingerprint density at radius 2 is 1.79 bits per heavy atom. The molecule has 0 saturated heterocycles. The zero-order valence-corrected chi connectivity index (χ0v) is 19.5. The molecule has 0 saturated carbocycles. The summed E-state index contributed by atoms with van der Waals surface area (Å²) in [5.41, 5.74) is 4.90. The number of carbonyl (C=O) groups excluding carboxylic acids is 2. The molecule has 0 aliphatic rings. The van der Waals surface area contributed by atoms with Gasteiger partial charge in [0.25, 0.3) is 0 Å². The Balaban J connectivity index is 1.52. The Bertz CT molecular complexity index is 1120. The second kappa shape index (κ2) is 11.1. The van der Waals surface area contributed by atoms with E-state index in [1.807, 2.05) is 61.0 Å². The maximum Gasteiger partial charge on any atom is 0.244 e. The minimum absolute atomic E-state index is 0.254. The molecular weight excluding hydrogens is 416 g/mol. The summed E-state index contributed by atoms with van der Waals surface area (Å²) in [6.07, 6.45) is 3.10. The van der Waals surface area contributed by atoms with Crippen LogP contribution in [0, 0.1) is 13.8 Å². The van der Waals surface area contributed by atoms with Crippen LogP contribution in [0.25, 0.3) is 6.08 Å². The molecule has 0 radical (unpaired) electrons. The van der Waals surface area contributed by atoms with Gasteiger partial charge in [0, 0.05) is 23.9 Å². The van der Waals surface area contributed by atoms with Gasteiger partial charge in [-0.1, -0.05) is 42.5 Å². The van der Waals surface area contributed by atoms with Crippen LogP contribution in [0.1, 0.15) is 35.0 Å². The van der Waals surface area contributed by atoms with Crippen LogP contribution in [0.15, 0.2) is 60.7 Å². The van der Waals surface area contributed by atoms with Crippen molar-refractivity contribution in [1.29, 1.82) is 0 Å². The van der Waals surface area contributed by atoms with Crippen LogP contribution in [0.3, 0.4) is 0 Å². The van der Waals surface area contributed by atoms with Gasteiger partial charge < -0.3 is 15.4 Å². The van der Waals surface area contributed by atoms with Crippen LogP contribution < -0.4 is 15.4 Å². The van der Waals surface area contributed by atoms with Gasteiger partial charge in [0.15, 0.2) is 0 Å². The summed E-state index contributed by atoms with van der Waals surface area (Å²) in [4.78, 5) is 24.7. The third kappa shape index (κ3) is 6.55. The first-order valence-corrected chi connectivity index (χ1v) is 10.8. The van der Waals surface area contributed by atoms with E-state index in [1.54, 1.807) is 20.1 Å². The highest BCUT2D eigenvalue weighted by Crippen LogP contribution is 2.15. The highest BCUT2D eigenvalue weighted by Gasteiger charge is 2.17. The number of hydrogen-bond donors (Lipinski definition) is 2. The third-order valence-electron chi connectivity index (χ3n) is 5.44. The summed E-state index contributed by atoms with van der Waals surface area (Å²) in [6, 6.07) is 16.8. The molecule has 0 unspecified atom stereocenters. The molecular formula is C26H30N4O3. The normalized spacial score (nSPS) is 11.9. The summed E-state index contributed by atoms with van der Waals surface area (Å²) < 4.78 is 7.06. The zero-order valence-electron chi connectivity index (χ0n) is 19.5. The van der Waals surface area contributed by atoms with Gasteiger partial charge in [-0.15, -0.1) is 0 Å². The second-order valence-corrected chi connectivity index (χ2v) is 7.85. The smallest absolute Gasteiger partial charge is 0.244 e. The minimum Gasteiger partial charge on any atom is -0.497 e. The Morgan fingerprint density at radius 3 is 2.45 bits per heavy atom. The van der Waals surface area contributed by atoms with Crippen LogP contribution in [-0.4, -0.2) is 34.7 Å². The van der Waals surface area contributed by atoms with E-state index in [0.29, 0.717) is 13.1 Å². The van der Waals surface area contributed by atoms with Gasteiger partial charge in [0.2, 0.25) is 11.8 Å². The highest BCUT2D eigenvalue weighted by atomic mass is 16.5. The Morgan fingerprint density at radius 1 is 1.09 bits per heavy atom. The van der Waals surface area contributed by atoms with E-state index in [-0.39, 0.29) is 11.8 Å². The predicted octanol–water partition coefficient (Wildman–Crippen LogP) is 3.39. The number of hydrogen-bond acceptors (Lipinski definition) is 4. The van der Waals surface area contributed by atoms with E-state index in [0.717, 1.165) is 33.8 Å². The second-order valence-electron chi connectivity index (χ2n) is 7.85. The highest BCUT2D eigenvalue weighted by molar-refractivity contribution is 5.95. The summed E-state index contributed by atoms with van der Waals surface area (Å²) >= 11 is 0. The van der Waals surface area contributed by atoms with Crippen LogP contribution >= 0.6 is 0 Å². The number of rotatable bonds is 9. The number of aromatic nitrogens is 2. The third-order valence-corrected chi connectivity index (χ3v) is 5.44. The monoisotopic (exact) mass is 446 g/mol. The van der Waals surface area contributed by atoms with Crippen molar-refractivity contribution in [1.82, 2.24) is 20.4 Å². The molecule has 0 spiro atoms. The summed E-state index contributed by atoms with van der Waals surface area (Å²) in [5, 5.41) is 10.2. The maximum atomic E-state index is 12.5. The fraction of sp³-hybridized carbons (Fsp3) is 0.269. The van der Waals surface area contributed by atoms with Gasteiger partial charge in [0.1, 0.15) is 11.8 Å². The van der Waals surface area contributed by atoms with Gasteiger partial charge in [-0.05, 0) is 50.1 Å². The first-order chi connectivity index (χ1) is 15.9. The number of benzene rings is 2. The van der Waals surface area contributed by atoms with Crippen LogP contribution in [0.4, 0.5) is 0 Å². The number of ether oxygens (including phenoxy) is 1. The van der Waals surface area contributed by atoms with Gasteiger partial charge in [-0.3, -0.25) is 14.3 Å². The molecule has 0 fully saturated rings. The Labute approximate surface area is 194 Å². The lowest BCUT2D eigenvalue weighted by Crippen LogP contribution is -2.44. The molecule has 0 aliphatic carbocycles.